The van der Waals surface area contributed by atoms with Gasteiger partial charge in [-0.1, -0.05) is 12.5 Å². The second-order valence-electron chi connectivity index (χ2n) is 6.14. The van der Waals surface area contributed by atoms with Crippen LogP contribution in [0.15, 0.2) is 24.4 Å². The molecular weight excluding hydrogens is 264 g/mol. The van der Waals surface area contributed by atoms with Crippen molar-refractivity contribution < 1.29 is 9.90 Å². The fourth-order valence-electron chi connectivity index (χ4n) is 3.33. The van der Waals surface area contributed by atoms with Gasteiger partial charge in [0.05, 0.1) is 6.10 Å². The van der Waals surface area contributed by atoms with E-state index in [4.69, 9.17) is 5.73 Å². The Morgan fingerprint density at radius 2 is 2.05 bits per heavy atom. The van der Waals surface area contributed by atoms with Gasteiger partial charge in [0.1, 0.15) is 0 Å². The van der Waals surface area contributed by atoms with E-state index in [2.05, 4.69) is 4.98 Å². The summed E-state index contributed by atoms with van der Waals surface area (Å²) in [6, 6.07) is 5.96. The number of aliphatic hydroxyl groups is 1. The highest BCUT2D eigenvalue weighted by molar-refractivity contribution is 5.76. The van der Waals surface area contributed by atoms with Crippen LogP contribution in [0.1, 0.15) is 50.6 Å². The van der Waals surface area contributed by atoms with E-state index in [1.165, 1.54) is 0 Å². The summed E-state index contributed by atoms with van der Waals surface area (Å²) in [5, 5.41) is 9.56. The molecule has 116 valence electrons. The molecule has 1 fully saturated rings. The van der Waals surface area contributed by atoms with Crippen molar-refractivity contribution in [3.05, 3.63) is 30.1 Å². The van der Waals surface area contributed by atoms with Crippen molar-refractivity contribution in [3.63, 3.8) is 0 Å². The quantitative estimate of drug-likeness (QED) is 0.757. The first-order valence-electron chi connectivity index (χ1n) is 8.04. The fraction of sp³-hybridized carbons (Fsp3) is 0.647. The SMILES string of the molecule is NC(=O)C(CCCCc1ccccn1)C1CCC(O)CC1. The summed E-state index contributed by atoms with van der Waals surface area (Å²) in [4.78, 5) is 16.0. The Kier molecular flexibility index (Phi) is 6.18. The van der Waals surface area contributed by atoms with E-state index in [0.717, 1.165) is 57.1 Å². The predicted molar refractivity (Wildman–Crippen MR) is 82.4 cm³/mol. The Balaban J connectivity index is 1.74. The Bertz CT molecular complexity index is 428. The molecule has 0 aliphatic heterocycles. The van der Waals surface area contributed by atoms with Crippen molar-refractivity contribution in [1.82, 2.24) is 4.98 Å². The van der Waals surface area contributed by atoms with Gasteiger partial charge >= 0.3 is 0 Å². The molecule has 1 aliphatic carbocycles. The zero-order chi connectivity index (χ0) is 15.1. The molecule has 0 saturated heterocycles. The number of nitrogens with zero attached hydrogens (tertiary/aromatic N) is 1. The van der Waals surface area contributed by atoms with Gasteiger partial charge in [-0.05, 0) is 63.0 Å². The third-order valence-corrected chi connectivity index (χ3v) is 4.60. The number of carbonyl (C=O) groups is 1. The number of amides is 1. The number of aromatic nitrogens is 1. The lowest BCUT2D eigenvalue weighted by Gasteiger charge is -2.30. The second kappa shape index (κ2) is 8.13. The van der Waals surface area contributed by atoms with Gasteiger partial charge in [-0.2, -0.15) is 0 Å². The second-order valence-corrected chi connectivity index (χ2v) is 6.14. The largest absolute Gasteiger partial charge is 0.393 e. The number of hydrogen-bond donors (Lipinski definition) is 2. The van der Waals surface area contributed by atoms with Crippen LogP contribution < -0.4 is 5.73 Å². The monoisotopic (exact) mass is 290 g/mol. The van der Waals surface area contributed by atoms with Crippen LogP contribution in [0.5, 0.6) is 0 Å². The number of pyridine rings is 1. The molecule has 1 amide bonds. The van der Waals surface area contributed by atoms with Crippen molar-refractivity contribution in [2.24, 2.45) is 17.6 Å². The number of aliphatic hydroxyl groups excluding tert-OH is 1. The lowest BCUT2D eigenvalue weighted by atomic mass is 9.76. The van der Waals surface area contributed by atoms with Gasteiger partial charge in [0.15, 0.2) is 0 Å². The highest BCUT2D eigenvalue weighted by Crippen LogP contribution is 2.32. The molecule has 1 heterocycles. The number of nitrogens with two attached hydrogens (primary N) is 1. The van der Waals surface area contributed by atoms with E-state index in [1.807, 2.05) is 24.4 Å². The van der Waals surface area contributed by atoms with Crippen molar-refractivity contribution >= 4 is 5.91 Å². The first-order valence-corrected chi connectivity index (χ1v) is 8.04. The number of primary amides is 1. The van der Waals surface area contributed by atoms with Crippen LogP contribution in [0.2, 0.25) is 0 Å². The zero-order valence-electron chi connectivity index (χ0n) is 12.6. The molecule has 4 heteroatoms. The van der Waals surface area contributed by atoms with Crippen LogP contribution >= 0.6 is 0 Å². The molecule has 1 atom stereocenters. The molecule has 1 saturated carbocycles. The summed E-state index contributed by atoms with van der Waals surface area (Å²) in [5.74, 6) is 0.163. The lowest BCUT2D eigenvalue weighted by Crippen LogP contribution is -2.33. The van der Waals surface area contributed by atoms with E-state index in [-0.39, 0.29) is 17.9 Å². The van der Waals surface area contributed by atoms with Crippen LogP contribution in [0.3, 0.4) is 0 Å². The van der Waals surface area contributed by atoms with E-state index in [9.17, 15) is 9.90 Å². The summed E-state index contributed by atoms with van der Waals surface area (Å²) in [6.45, 7) is 0. The molecule has 0 radical (unpaired) electrons. The molecule has 0 bridgehead atoms. The minimum Gasteiger partial charge on any atom is -0.393 e. The Morgan fingerprint density at radius 3 is 2.67 bits per heavy atom. The van der Waals surface area contributed by atoms with E-state index < -0.39 is 0 Å². The summed E-state index contributed by atoms with van der Waals surface area (Å²) in [7, 11) is 0. The number of aryl methyl sites for hydroxylation is 1. The van der Waals surface area contributed by atoms with Gasteiger partial charge < -0.3 is 10.8 Å². The Morgan fingerprint density at radius 1 is 1.29 bits per heavy atom. The Labute approximate surface area is 126 Å². The highest BCUT2D eigenvalue weighted by Gasteiger charge is 2.29. The number of hydrogen-bond acceptors (Lipinski definition) is 3. The molecule has 2 rings (SSSR count). The normalized spacial score (nSPS) is 23.7. The third kappa shape index (κ3) is 5.12. The molecule has 0 aromatic carbocycles. The maximum Gasteiger partial charge on any atom is 0.220 e. The van der Waals surface area contributed by atoms with Crippen molar-refractivity contribution in [2.45, 2.75) is 57.5 Å². The van der Waals surface area contributed by atoms with Gasteiger partial charge in [0, 0.05) is 17.8 Å². The topological polar surface area (TPSA) is 76.2 Å². The minimum absolute atomic E-state index is 0.0266. The maximum atomic E-state index is 11.7. The van der Waals surface area contributed by atoms with Gasteiger partial charge in [-0.15, -0.1) is 0 Å². The number of unbranched alkanes of at least 4 members (excludes halogenated alkanes) is 1. The highest BCUT2D eigenvalue weighted by atomic mass is 16.3. The van der Waals surface area contributed by atoms with Crippen LogP contribution in [-0.4, -0.2) is 22.1 Å². The summed E-state index contributed by atoms with van der Waals surface area (Å²) < 4.78 is 0. The number of carbonyl (C=O) groups excluding carboxylic acids is 1. The maximum absolute atomic E-state index is 11.7. The molecule has 1 aromatic rings. The molecular formula is C17H26N2O2. The lowest BCUT2D eigenvalue weighted by molar-refractivity contribution is -0.124. The van der Waals surface area contributed by atoms with Crippen LogP contribution in [0, 0.1) is 11.8 Å². The smallest absolute Gasteiger partial charge is 0.220 e. The average Bonchev–Trinajstić information content (AvgIpc) is 2.49. The van der Waals surface area contributed by atoms with Crippen LogP contribution in [0.25, 0.3) is 0 Å². The molecule has 4 nitrogen and oxygen atoms in total. The molecule has 1 unspecified atom stereocenters. The van der Waals surface area contributed by atoms with Gasteiger partial charge in [-0.3, -0.25) is 9.78 Å². The standard InChI is InChI=1S/C17H26N2O2/c18-17(21)16(13-8-10-15(20)11-9-13)7-2-1-5-14-6-3-4-12-19-14/h3-4,6,12-13,15-16,20H,1-2,5,7-11H2,(H2,18,21). The Hall–Kier alpha value is -1.42. The van der Waals surface area contributed by atoms with Crippen LogP contribution in [-0.2, 0) is 11.2 Å². The first kappa shape index (κ1) is 16.0. The predicted octanol–water partition coefficient (Wildman–Crippen LogP) is 2.45. The van der Waals surface area contributed by atoms with E-state index >= 15 is 0 Å². The first-order chi connectivity index (χ1) is 10.2. The van der Waals surface area contributed by atoms with Gasteiger partial charge in [0.2, 0.25) is 5.91 Å². The third-order valence-electron chi connectivity index (χ3n) is 4.60. The average molecular weight is 290 g/mol. The summed E-state index contributed by atoms with van der Waals surface area (Å²) in [5.41, 5.74) is 6.69. The van der Waals surface area contributed by atoms with Crippen molar-refractivity contribution in [3.8, 4) is 0 Å². The zero-order valence-corrected chi connectivity index (χ0v) is 12.6. The number of rotatable bonds is 7. The van der Waals surface area contributed by atoms with Gasteiger partial charge in [0.25, 0.3) is 0 Å². The van der Waals surface area contributed by atoms with Crippen molar-refractivity contribution in [1.29, 1.82) is 0 Å². The summed E-state index contributed by atoms with van der Waals surface area (Å²) in [6.07, 6.45) is 8.96. The van der Waals surface area contributed by atoms with E-state index in [1.54, 1.807) is 0 Å². The molecule has 3 N–H and O–H groups in total. The molecule has 21 heavy (non-hydrogen) atoms. The molecule has 0 spiro atoms. The van der Waals surface area contributed by atoms with Gasteiger partial charge in [-0.25, -0.2) is 0 Å². The summed E-state index contributed by atoms with van der Waals surface area (Å²) >= 11 is 0. The molecule has 1 aliphatic rings. The minimum atomic E-state index is -0.182. The van der Waals surface area contributed by atoms with Crippen LogP contribution in [0.4, 0.5) is 0 Å². The fourth-order valence-corrected chi connectivity index (χ4v) is 3.33. The van der Waals surface area contributed by atoms with Crippen molar-refractivity contribution in [2.75, 3.05) is 0 Å². The molecule has 1 aromatic heterocycles. The van der Waals surface area contributed by atoms with E-state index in [0.29, 0.717) is 5.92 Å².